The fourth-order valence-electron chi connectivity index (χ4n) is 4.01. The van der Waals surface area contributed by atoms with Crippen LogP contribution in [-0.4, -0.2) is 32.2 Å². The minimum absolute atomic E-state index is 0.00533. The zero-order valence-corrected chi connectivity index (χ0v) is 18.3. The molecule has 1 saturated carbocycles. The second-order valence-corrected chi connectivity index (χ2v) is 9.07. The predicted molar refractivity (Wildman–Crippen MR) is 126 cm³/mol. The number of thiazole rings is 1. The number of halogens is 1. The topological polar surface area (TPSA) is 83.0 Å². The van der Waals surface area contributed by atoms with Crippen molar-refractivity contribution in [1.82, 2.24) is 15.0 Å². The van der Waals surface area contributed by atoms with E-state index in [-0.39, 0.29) is 24.5 Å². The van der Waals surface area contributed by atoms with Crippen LogP contribution in [-0.2, 0) is 6.54 Å². The van der Waals surface area contributed by atoms with E-state index in [0.29, 0.717) is 16.9 Å². The SMILES string of the molecule is O[C@H]1CCCCC1Nc1nc2cc(F)c(CNc3cncc(-c4ccccc4)n3)cc2s1. The largest absolute Gasteiger partial charge is 0.391 e. The maximum atomic E-state index is 14.7. The van der Waals surface area contributed by atoms with Crippen LogP contribution in [0, 0.1) is 5.82 Å². The highest BCUT2D eigenvalue weighted by molar-refractivity contribution is 7.22. The molecule has 1 fully saturated rings. The molecule has 0 aliphatic heterocycles. The molecule has 0 radical (unpaired) electrons. The Bertz CT molecular complexity index is 1220. The molecule has 0 amide bonds. The monoisotopic (exact) mass is 449 g/mol. The minimum atomic E-state index is -0.361. The zero-order valence-electron chi connectivity index (χ0n) is 17.5. The van der Waals surface area contributed by atoms with Crippen LogP contribution in [0.4, 0.5) is 15.3 Å². The van der Waals surface area contributed by atoms with Crippen LogP contribution < -0.4 is 10.6 Å². The summed E-state index contributed by atoms with van der Waals surface area (Å²) in [5.74, 6) is 0.274. The summed E-state index contributed by atoms with van der Waals surface area (Å²) in [5, 5.41) is 17.4. The molecule has 2 aromatic heterocycles. The van der Waals surface area contributed by atoms with Crippen molar-refractivity contribution in [2.45, 2.75) is 44.4 Å². The minimum Gasteiger partial charge on any atom is -0.391 e. The Morgan fingerprint density at radius 1 is 1.06 bits per heavy atom. The number of fused-ring (bicyclic) bond motifs is 1. The lowest BCUT2D eigenvalue weighted by Gasteiger charge is -2.27. The Kier molecular flexibility index (Phi) is 5.96. The van der Waals surface area contributed by atoms with Gasteiger partial charge in [-0.25, -0.2) is 14.4 Å². The number of anilines is 2. The number of benzene rings is 2. The summed E-state index contributed by atoms with van der Waals surface area (Å²) in [7, 11) is 0. The van der Waals surface area contributed by atoms with E-state index in [1.165, 1.54) is 17.4 Å². The zero-order chi connectivity index (χ0) is 21.9. The van der Waals surface area contributed by atoms with E-state index in [4.69, 9.17) is 0 Å². The normalized spacial score (nSPS) is 18.6. The van der Waals surface area contributed by atoms with Gasteiger partial charge in [0.05, 0.1) is 40.5 Å². The number of aliphatic hydroxyl groups excluding tert-OH is 1. The molecule has 6 nitrogen and oxygen atoms in total. The van der Waals surface area contributed by atoms with Crippen LogP contribution >= 0.6 is 11.3 Å². The number of rotatable bonds is 6. The third kappa shape index (κ3) is 4.56. The van der Waals surface area contributed by atoms with Gasteiger partial charge < -0.3 is 15.7 Å². The maximum Gasteiger partial charge on any atom is 0.184 e. The van der Waals surface area contributed by atoms with Crippen LogP contribution in [0.15, 0.2) is 54.9 Å². The average Bonchev–Trinajstić information content (AvgIpc) is 3.20. The molecule has 1 aliphatic rings. The van der Waals surface area contributed by atoms with Crippen LogP contribution in [0.1, 0.15) is 31.2 Å². The molecule has 5 rings (SSSR count). The van der Waals surface area contributed by atoms with Gasteiger partial charge in [-0.1, -0.05) is 54.5 Å². The molecule has 4 aromatic rings. The van der Waals surface area contributed by atoms with Gasteiger partial charge in [0.25, 0.3) is 0 Å². The third-order valence-electron chi connectivity index (χ3n) is 5.76. The highest BCUT2D eigenvalue weighted by Crippen LogP contribution is 2.31. The lowest BCUT2D eigenvalue weighted by atomic mass is 9.93. The molecule has 3 N–H and O–H groups in total. The number of hydrogen-bond donors (Lipinski definition) is 3. The molecule has 2 aromatic carbocycles. The van der Waals surface area contributed by atoms with Gasteiger partial charge in [0.1, 0.15) is 11.6 Å². The van der Waals surface area contributed by atoms with Gasteiger partial charge in [0.2, 0.25) is 0 Å². The summed E-state index contributed by atoms with van der Waals surface area (Å²) in [4.78, 5) is 13.4. The van der Waals surface area contributed by atoms with Crippen molar-refractivity contribution in [3.8, 4) is 11.3 Å². The summed E-state index contributed by atoms with van der Waals surface area (Å²) in [5.41, 5.74) is 2.89. The smallest absolute Gasteiger partial charge is 0.184 e. The molecule has 1 aliphatic carbocycles. The fraction of sp³-hybridized carbons (Fsp3) is 0.292. The van der Waals surface area contributed by atoms with E-state index in [1.54, 1.807) is 12.4 Å². The standard InChI is InChI=1S/C24H24FN5OS/c25-17-11-19-22(32-24(30-19)29-18-8-4-5-9-21(18)31)10-16(17)12-27-23-14-26-13-20(28-23)15-6-2-1-3-7-15/h1-3,6-7,10-11,13-14,18,21,31H,4-5,8-9,12H2,(H,27,28)(H,29,30)/t18?,21-/m0/s1. The molecule has 32 heavy (non-hydrogen) atoms. The van der Waals surface area contributed by atoms with E-state index in [1.807, 2.05) is 36.4 Å². The first-order chi connectivity index (χ1) is 15.7. The van der Waals surface area contributed by atoms with Crippen LogP contribution in [0.3, 0.4) is 0 Å². The second kappa shape index (κ2) is 9.18. The van der Waals surface area contributed by atoms with Gasteiger partial charge in [0, 0.05) is 23.7 Å². The first kappa shape index (κ1) is 20.8. The molecule has 2 atom stereocenters. The molecule has 0 spiro atoms. The number of nitrogens with zero attached hydrogens (tertiary/aromatic N) is 3. The van der Waals surface area contributed by atoms with Crippen LogP contribution in [0.25, 0.3) is 21.5 Å². The maximum absolute atomic E-state index is 14.7. The molecular formula is C24H24FN5OS. The molecule has 0 saturated heterocycles. The average molecular weight is 450 g/mol. The highest BCUT2D eigenvalue weighted by atomic mass is 32.1. The van der Waals surface area contributed by atoms with E-state index in [0.717, 1.165) is 46.8 Å². The van der Waals surface area contributed by atoms with E-state index >= 15 is 0 Å². The summed E-state index contributed by atoms with van der Waals surface area (Å²) in [6, 6.07) is 13.1. The Balaban J connectivity index is 1.31. The van der Waals surface area contributed by atoms with Gasteiger partial charge in [-0.05, 0) is 18.9 Å². The second-order valence-electron chi connectivity index (χ2n) is 8.04. The van der Waals surface area contributed by atoms with E-state index in [9.17, 15) is 9.50 Å². The Morgan fingerprint density at radius 2 is 1.91 bits per heavy atom. The number of aliphatic hydroxyl groups is 1. The van der Waals surface area contributed by atoms with Crippen molar-refractivity contribution in [1.29, 1.82) is 0 Å². The summed E-state index contributed by atoms with van der Waals surface area (Å²) in [6.07, 6.45) is 6.86. The lowest BCUT2D eigenvalue weighted by molar-refractivity contribution is 0.116. The van der Waals surface area contributed by atoms with Gasteiger partial charge in [-0.15, -0.1) is 0 Å². The molecule has 164 valence electrons. The fourth-order valence-corrected chi connectivity index (χ4v) is 4.98. The van der Waals surface area contributed by atoms with Crippen molar-refractivity contribution in [3.63, 3.8) is 0 Å². The molecule has 0 bridgehead atoms. The van der Waals surface area contributed by atoms with Crippen molar-refractivity contribution < 1.29 is 9.50 Å². The molecule has 8 heteroatoms. The van der Waals surface area contributed by atoms with Gasteiger partial charge in [-0.2, -0.15) is 0 Å². The molecule has 1 unspecified atom stereocenters. The first-order valence-corrected chi connectivity index (χ1v) is 11.6. The van der Waals surface area contributed by atoms with Crippen LogP contribution in [0.5, 0.6) is 0 Å². The third-order valence-corrected chi connectivity index (χ3v) is 6.71. The van der Waals surface area contributed by atoms with Crippen molar-refractivity contribution in [2.75, 3.05) is 10.6 Å². The Labute approximate surface area is 189 Å². The molecule has 2 heterocycles. The Hall–Kier alpha value is -3.10. The van der Waals surface area contributed by atoms with Crippen molar-refractivity contribution >= 4 is 32.5 Å². The quantitative estimate of drug-likeness (QED) is 0.374. The highest BCUT2D eigenvalue weighted by Gasteiger charge is 2.24. The lowest BCUT2D eigenvalue weighted by Crippen LogP contribution is -2.36. The summed E-state index contributed by atoms with van der Waals surface area (Å²) < 4.78 is 15.6. The van der Waals surface area contributed by atoms with E-state index < -0.39 is 0 Å². The van der Waals surface area contributed by atoms with Gasteiger partial charge >= 0.3 is 0 Å². The van der Waals surface area contributed by atoms with Crippen LogP contribution in [0.2, 0.25) is 0 Å². The summed E-state index contributed by atoms with van der Waals surface area (Å²) in [6.45, 7) is 0.288. The first-order valence-electron chi connectivity index (χ1n) is 10.8. The summed E-state index contributed by atoms with van der Waals surface area (Å²) >= 11 is 1.48. The van der Waals surface area contributed by atoms with Crippen molar-refractivity contribution in [2.24, 2.45) is 0 Å². The Morgan fingerprint density at radius 3 is 2.75 bits per heavy atom. The van der Waals surface area contributed by atoms with Gasteiger partial charge in [-0.3, -0.25) is 4.98 Å². The number of aromatic nitrogens is 3. The van der Waals surface area contributed by atoms with E-state index in [2.05, 4.69) is 25.6 Å². The predicted octanol–water partition coefficient (Wildman–Crippen LogP) is 5.22. The number of nitrogens with one attached hydrogen (secondary N) is 2. The molecular weight excluding hydrogens is 425 g/mol. The van der Waals surface area contributed by atoms with Crippen molar-refractivity contribution in [3.05, 3.63) is 66.2 Å². The number of hydrogen-bond acceptors (Lipinski definition) is 7. The van der Waals surface area contributed by atoms with Gasteiger partial charge in [0.15, 0.2) is 5.13 Å².